The van der Waals surface area contributed by atoms with Crippen LogP contribution in [0.2, 0.25) is 0 Å². The van der Waals surface area contributed by atoms with E-state index in [1.54, 1.807) is 0 Å². The Morgan fingerprint density at radius 3 is 2.59 bits per heavy atom. The number of benzene rings is 1. The van der Waals surface area contributed by atoms with Gasteiger partial charge in [0.25, 0.3) is 0 Å². The lowest BCUT2D eigenvalue weighted by molar-refractivity contribution is -0.921. The predicted molar refractivity (Wildman–Crippen MR) is 70.4 cm³/mol. The highest BCUT2D eigenvalue weighted by Crippen LogP contribution is 2.11. The van der Waals surface area contributed by atoms with Crippen molar-refractivity contribution < 1.29 is 10.0 Å². The van der Waals surface area contributed by atoms with E-state index in [2.05, 4.69) is 43.3 Å². The van der Waals surface area contributed by atoms with E-state index in [9.17, 15) is 5.11 Å². The minimum absolute atomic E-state index is 0.0974. The van der Waals surface area contributed by atoms with Gasteiger partial charge in [0, 0.05) is 25.3 Å². The van der Waals surface area contributed by atoms with E-state index in [0.717, 1.165) is 25.9 Å². The highest BCUT2D eigenvalue weighted by atomic mass is 16.3. The fourth-order valence-electron chi connectivity index (χ4n) is 2.49. The van der Waals surface area contributed by atoms with Crippen molar-refractivity contribution in [3.8, 4) is 0 Å². The third-order valence-corrected chi connectivity index (χ3v) is 3.50. The van der Waals surface area contributed by atoms with Gasteiger partial charge in [-0.2, -0.15) is 0 Å². The van der Waals surface area contributed by atoms with Crippen molar-refractivity contribution in [2.75, 3.05) is 32.1 Å². The Bertz CT molecular complexity index is 348. The third-order valence-electron chi connectivity index (χ3n) is 3.50. The summed E-state index contributed by atoms with van der Waals surface area (Å²) < 4.78 is 0. The summed E-state index contributed by atoms with van der Waals surface area (Å²) in [6, 6.07) is 8.72. The van der Waals surface area contributed by atoms with Gasteiger partial charge in [0.1, 0.15) is 19.2 Å². The van der Waals surface area contributed by atoms with Gasteiger partial charge in [-0.25, -0.2) is 0 Å². The van der Waals surface area contributed by atoms with Crippen molar-refractivity contribution in [1.29, 1.82) is 0 Å². The van der Waals surface area contributed by atoms with Crippen molar-refractivity contribution in [3.05, 3.63) is 29.8 Å². The van der Waals surface area contributed by atoms with Gasteiger partial charge >= 0.3 is 0 Å². The number of hydrogen-bond donors (Lipinski definition) is 2. The largest absolute Gasteiger partial charge is 0.387 e. The summed E-state index contributed by atoms with van der Waals surface area (Å²) in [4.78, 5) is 3.61. The van der Waals surface area contributed by atoms with Crippen LogP contribution in [0.4, 0.5) is 5.69 Å². The first-order valence-electron chi connectivity index (χ1n) is 6.43. The molecule has 1 fully saturated rings. The van der Waals surface area contributed by atoms with Crippen molar-refractivity contribution in [3.63, 3.8) is 0 Å². The van der Waals surface area contributed by atoms with Gasteiger partial charge in [-0.3, -0.25) is 0 Å². The molecule has 1 aliphatic heterocycles. The van der Waals surface area contributed by atoms with E-state index in [4.69, 9.17) is 0 Å². The van der Waals surface area contributed by atoms with Crippen molar-refractivity contribution in [1.82, 2.24) is 0 Å². The lowest BCUT2D eigenvalue weighted by atomic mass is 10.1. The molecular formula is C14H23N2O+. The average Bonchev–Trinajstić information content (AvgIpc) is 2.29. The van der Waals surface area contributed by atoms with Crippen molar-refractivity contribution in [2.45, 2.75) is 25.5 Å². The second kappa shape index (κ2) is 5.52. The molecule has 3 heteroatoms. The van der Waals surface area contributed by atoms with E-state index in [1.165, 1.54) is 22.7 Å². The molecule has 0 spiro atoms. The minimum Gasteiger partial charge on any atom is -0.387 e. The Labute approximate surface area is 104 Å². The van der Waals surface area contributed by atoms with Crippen molar-refractivity contribution >= 4 is 5.69 Å². The van der Waals surface area contributed by atoms with E-state index in [1.807, 2.05) is 0 Å². The first kappa shape index (κ1) is 12.4. The zero-order chi connectivity index (χ0) is 12.3. The summed E-state index contributed by atoms with van der Waals surface area (Å²) in [6.07, 6.45) is 2.02. The molecule has 2 rings (SSSR count). The number of anilines is 1. The summed E-state index contributed by atoms with van der Waals surface area (Å²) in [7, 11) is 4.11. The monoisotopic (exact) mass is 235 g/mol. The van der Waals surface area contributed by atoms with Crippen LogP contribution in [0.5, 0.6) is 0 Å². The number of quaternary nitrogens is 1. The van der Waals surface area contributed by atoms with Crippen LogP contribution in [-0.2, 0) is 6.54 Å². The molecule has 0 aliphatic carbocycles. The normalized spacial score (nSPS) is 24.6. The lowest BCUT2D eigenvalue weighted by Crippen LogP contribution is -3.12. The van der Waals surface area contributed by atoms with Crippen LogP contribution in [0.1, 0.15) is 18.4 Å². The number of aliphatic hydroxyl groups is 1. The summed E-state index contributed by atoms with van der Waals surface area (Å²) in [6.45, 7) is 3.12. The van der Waals surface area contributed by atoms with Crippen LogP contribution >= 0.6 is 0 Å². The van der Waals surface area contributed by atoms with Crippen LogP contribution in [0.3, 0.4) is 0 Å². The van der Waals surface area contributed by atoms with Crippen LogP contribution in [0.15, 0.2) is 24.3 Å². The van der Waals surface area contributed by atoms with Crippen LogP contribution in [-0.4, -0.2) is 38.4 Å². The van der Waals surface area contributed by atoms with E-state index in [0.29, 0.717) is 0 Å². The molecule has 2 N–H and O–H groups in total. The average molecular weight is 235 g/mol. The lowest BCUT2D eigenvalue weighted by Gasteiger charge is -2.27. The Kier molecular flexibility index (Phi) is 4.02. The fraction of sp³-hybridized carbons (Fsp3) is 0.571. The van der Waals surface area contributed by atoms with Gasteiger partial charge in [-0.05, 0) is 25.0 Å². The molecule has 0 saturated carbocycles. The number of piperidine rings is 1. The molecule has 1 saturated heterocycles. The number of aliphatic hydroxyl groups excluding tert-OH is 1. The third kappa shape index (κ3) is 3.45. The SMILES string of the molecule is CN(C)c1ccc(C[NH+]2CCC[C@H](O)C2)cc1. The molecule has 2 atom stereocenters. The van der Waals surface area contributed by atoms with Gasteiger partial charge < -0.3 is 14.9 Å². The second-order valence-corrected chi connectivity index (χ2v) is 5.24. The summed E-state index contributed by atoms with van der Waals surface area (Å²) in [5.74, 6) is 0. The molecule has 3 nitrogen and oxygen atoms in total. The van der Waals surface area contributed by atoms with Crippen molar-refractivity contribution in [2.24, 2.45) is 0 Å². The highest BCUT2D eigenvalue weighted by Gasteiger charge is 2.20. The Balaban J connectivity index is 1.94. The van der Waals surface area contributed by atoms with E-state index in [-0.39, 0.29) is 6.10 Å². The first-order chi connectivity index (χ1) is 8.15. The number of likely N-dealkylation sites (tertiary alicyclic amines) is 1. The summed E-state index contributed by atoms with van der Waals surface area (Å²) in [5, 5.41) is 9.65. The quantitative estimate of drug-likeness (QED) is 0.788. The van der Waals surface area contributed by atoms with E-state index >= 15 is 0 Å². The number of rotatable bonds is 3. The van der Waals surface area contributed by atoms with Crippen LogP contribution in [0, 0.1) is 0 Å². The molecule has 0 amide bonds. The maximum absolute atomic E-state index is 9.65. The van der Waals surface area contributed by atoms with Crippen LogP contribution < -0.4 is 9.80 Å². The molecule has 17 heavy (non-hydrogen) atoms. The van der Waals surface area contributed by atoms with E-state index < -0.39 is 0 Å². The molecule has 1 aromatic carbocycles. The molecule has 1 aromatic rings. The first-order valence-corrected chi connectivity index (χ1v) is 6.43. The standard InChI is InChI=1S/C14H22N2O/c1-15(2)13-7-5-12(6-8-13)10-16-9-3-4-14(17)11-16/h5-8,14,17H,3-4,9-11H2,1-2H3/p+1/t14-/m0/s1. The van der Waals surface area contributed by atoms with Gasteiger partial charge in [-0.15, -0.1) is 0 Å². The highest BCUT2D eigenvalue weighted by molar-refractivity contribution is 5.45. The Hall–Kier alpha value is -1.06. The van der Waals surface area contributed by atoms with Gasteiger partial charge in [0.05, 0.1) is 6.54 Å². The summed E-state index contributed by atoms with van der Waals surface area (Å²) >= 11 is 0. The van der Waals surface area contributed by atoms with Gasteiger partial charge in [0.15, 0.2) is 0 Å². The maximum Gasteiger partial charge on any atom is 0.104 e. The molecular weight excluding hydrogens is 212 g/mol. The minimum atomic E-state index is -0.0974. The molecule has 94 valence electrons. The number of nitrogens with zero attached hydrogens (tertiary/aromatic N) is 1. The Morgan fingerprint density at radius 2 is 2.00 bits per heavy atom. The van der Waals surface area contributed by atoms with Crippen LogP contribution in [0.25, 0.3) is 0 Å². The van der Waals surface area contributed by atoms with Gasteiger partial charge in [-0.1, -0.05) is 12.1 Å². The maximum atomic E-state index is 9.65. The zero-order valence-electron chi connectivity index (χ0n) is 10.8. The number of hydrogen-bond acceptors (Lipinski definition) is 2. The molecule has 0 radical (unpaired) electrons. The predicted octanol–water partition coefficient (Wildman–Crippen LogP) is 0.292. The fourth-order valence-corrected chi connectivity index (χ4v) is 2.49. The smallest absolute Gasteiger partial charge is 0.104 e. The molecule has 1 aliphatic rings. The second-order valence-electron chi connectivity index (χ2n) is 5.24. The summed E-state index contributed by atoms with van der Waals surface area (Å²) in [5.41, 5.74) is 2.60. The topological polar surface area (TPSA) is 27.9 Å². The Morgan fingerprint density at radius 1 is 1.29 bits per heavy atom. The van der Waals surface area contributed by atoms with Gasteiger partial charge in [0.2, 0.25) is 0 Å². The molecule has 0 aromatic heterocycles. The molecule has 1 unspecified atom stereocenters. The molecule has 1 heterocycles. The zero-order valence-corrected chi connectivity index (χ0v) is 10.8. The molecule has 0 bridgehead atoms. The number of nitrogens with one attached hydrogen (secondary N) is 1.